The van der Waals surface area contributed by atoms with Crippen molar-refractivity contribution in [3.63, 3.8) is 0 Å². The van der Waals surface area contributed by atoms with E-state index in [0.29, 0.717) is 0 Å². The summed E-state index contributed by atoms with van der Waals surface area (Å²) in [6, 6.07) is 4.13. The van der Waals surface area contributed by atoms with E-state index >= 15 is 0 Å². The van der Waals surface area contributed by atoms with Gasteiger partial charge in [0.2, 0.25) is 0 Å². The average molecular weight is 259 g/mol. The highest BCUT2D eigenvalue weighted by molar-refractivity contribution is 5.13. The number of hydrogen-bond acceptors (Lipinski definition) is 4. The van der Waals surface area contributed by atoms with Gasteiger partial charge in [0.05, 0.1) is 11.7 Å². The first-order chi connectivity index (χ1) is 9.28. The second kappa shape index (κ2) is 6.43. The molecule has 5 nitrogen and oxygen atoms in total. The lowest BCUT2D eigenvalue weighted by atomic mass is 10.1. The number of aryl methyl sites for hydroxylation is 2. The summed E-state index contributed by atoms with van der Waals surface area (Å²) in [6.45, 7) is 5.13. The maximum absolute atomic E-state index is 4.58. The van der Waals surface area contributed by atoms with Gasteiger partial charge in [0.25, 0.3) is 0 Å². The Morgan fingerprint density at radius 1 is 1.26 bits per heavy atom. The maximum atomic E-state index is 4.58. The Hall–Kier alpha value is -1.75. The van der Waals surface area contributed by atoms with Crippen LogP contribution in [0, 0.1) is 0 Å². The van der Waals surface area contributed by atoms with Crippen LogP contribution in [0.1, 0.15) is 37.1 Å². The van der Waals surface area contributed by atoms with Crippen molar-refractivity contribution in [3.8, 4) is 0 Å². The number of rotatable bonds is 6. The second-order valence-electron chi connectivity index (χ2n) is 4.45. The van der Waals surface area contributed by atoms with Crippen LogP contribution in [-0.4, -0.2) is 26.8 Å². The Balaban J connectivity index is 2.21. The van der Waals surface area contributed by atoms with E-state index in [1.54, 1.807) is 12.4 Å². The summed E-state index contributed by atoms with van der Waals surface area (Å²) in [6.07, 6.45) is 5.37. The van der Waals surface area contributed by atoms with E-state index in [1.165, 1.54) is 5.69 Å². The van der Waals surface area contributed by atoms with Crippen LogP contribution in [0.15, 0.2) is 24.5 Å². The summed E-state index contributed by atoms with van der Waals surface area (Å²) in [5, 5.41) is 7.86. The zero-order chi connectivity index (χ0) is 13.7. The van der Waals surface area contributed by atoms with Gasteiger partial charge < -0.3 is 5.32 Å². The van der Waals surface area contributed by atoms with Crippen molar-refractivity contribution in [2.75, 3.05) is 7.05 Å². The SMILES string of the molecule is CCc1cc(CC(NC)c2ncccn2)n(CC)n1. The Morgan fingerprint density at radius 3 is 2.58 bits per heavy atom. The number of nitrogens with one attached hydrogen (secondary N) is 1. The molecule has 0 aliphatic carbocycles. The average Bonchev–Trinajstić information content (AvgIpc) is 2.87. The van der Waals surface area contributed by atoms with E-state index in [-0.39, 0.29) is 6.04 Å². The molecule has 0 aliphatic rings. The fourth-order valence-corrected chi connectivity index (χ4v) is 2.15. The minimum atomic E-state index is 0.118. The standard InChI is InChI=1S/C14H21N5/c1-4-11-9-12(19(5-2)18-11)10-13(15-3)14-16-7-6-8-17-14/h6-9,13,15H,4-5,10H2,1-3H3. The summed E-state index contributed by atoms with van der Waals surface area (Å²) in [7, 11) is 1.94. The van der Waals surface area contributed by atoms with Crippen LogP contribution in [0.25, 0.3) is 0 Å². The van der Waals surface area contributed by atoms with E-state index in [1.807, 2.05) is 13.1 Å². The maximum Gasteiger partial charge on any atom is 0.145 e. The van der Waals surface area contributed by atoms with Crippen molar-refractivity contribution in [3.05, 3.63) is 41.7 Å². The molecule has 0 radical (unpaired) electrons. The monoisotopic (exact) mass is 259 g/mol. The van der Waals surface area contributed by atoms with Gasteiger partial charge >= 0.3 is 0 Å². The highest BCUT2D eigenvalue weighted by Crippen LogP contribution is 2.16. The molecule has 0 aliphatic heterocycles. The minimum absolute atomic E-state index is 0.118. The van der Waals surface area contributed by atoms with E-state index in [4.69, 9.17) is 0 Å². The van der Waals surface area contributed by atoms with Gasteiger partial charge in [0.15, 0.2) is 0 Å². The molecule has 1 atom stereocenters. The fraction of sp³-hybridized carbons (Fsp3) is 0.500. The van der Waals surface area contributed by atoms with Gasteiger partial charge in [-0.25, -0.2) is 9.97 Å². The first kappa shape index (κ1) is 13.7. The Bertz CT molecular complexity index is 506. The summed E-state index contributed by atoms with van der Waals surface area (Å²) >= 11 is 0. The Labute approximate surface area is 114 Å². The van der Waals surface area contributed by atoms with Gasteiger partial charge in [-0.3, -0.25) is 4.68 Å². The first-order valence-corrected chi connectivity index (χ1v) is 6.78. The molecule has 2 rings (SSSR count). The molecule has 0 fully saturated rings. The molecule has 2 heterocycles. The van der Waals surface area contributed by atoms with Gasteiger partial charge in [-0.15, -0.1) is 0 Å². The lowest BCUT2D eigenvalue weighted by Crippen LogP contribution is -2.22. The number of aromatic nitrogens is 4. The lowest BCUT2D eigenvalue weighted by Gasteiger charge is -2.14. The normalized spacial score (nSPS) is 12.6. The summed E-state index contributed by atoms with van der Waals surface area (Å²) in [5.41, 5.74) is 2.37. The molecule has 1 N–H and O–H groups in total. The Morgan fingerprint density at radius 2 is 2.00 bits per heavy atom. The highest BCUT2D eigenvalue weighted by Gasteiger charge is 2.16. The molecule has 0 amide bonds. The number of nitrogens with zero attached hydrogens (tertiary/aromatic N) is 4. The quantitative estimate of drug-likeness (QED) is 0.859. The fourth-order valence-electron chi connectivity index (χ4n) is 2.15. The summed E-state index contributed by atoms with van der Waals surface area (Å²) in [5.74, 6) is 0.826. The van der Waals surface area contributed by atoms with Crippen molar-refractivity contribution in [2.24, 2.45) is 0 Å². The number of hydrogen-bond donors (Lipinski definition) is 1. The van der Waals surface area contributed by atoms with Crippen molar-refractivity contribution in [1.82, 2.24) is 25.1 Å². The zero-order valence-electron chi connectivity index (χ0n) is 11.8. The van der Waals surface area contributed by atoms with Crippen molar-refractivity contribution < 1.29 is 0 Å². The molecule has 19 heavy (non-hydrogen) atoms. The van der Waals surface area contributed by atoms with Crippen LogP contribution in [-0.2, 0) is 19.4 Å². The predicted octanol–water partition coefficient (Wildman–Crippen LogP) is 1.76. The van der Waals surface area contributed by atoms with Crippen molar-refractivity contribution in [1.29, 1.82) is 0 Å². The van der Waals surface area contributed by atoms with E-state index in [0.717, 1.165) is 30.9 Å². The smallest absolute Gasteiger partial charge is 0.145 e. The molecule has 2 aromatic heterocycles. The molecule has 102 valence electrons. The summed E-state index contributed by atoms with van der Waals surface area (Å²) in [4.78, 5) is 8.65. The van der Waals surface area contributed by atoms with E-state index in [2.05, 4.69) is 45.0 Å². The second-order valence-corrected chi connectivity index (χ2v) is 4.45. The first-order valence-electron chi connectivity index (χ1n) is 6.78. The van der Waals surface area contributed by atoms with Crippen molar-refractivity contribution >= 4 is 0 Å². The minimum Gasteiger partial charge on any atom is -0.310 e. The van der Waals surface area contributed by atoms with Crippen LogP contribution in [0.5, 0.6) is 0 Å². The predicted molar refractivity (Wildman–Crippen MR) is 74.8 cm³/mol. The van der Waals surface area contributed by atoms with E-state index < -0.39 is 0 Å². The van der Waals surface area contributed by atoms with Gasteiger partial charge in [-0.2, -0.15) is 5.10 Å². The number of likely N-dealkylation sites (N-methyl/N-ethyl adjacent to an activating group) is 1. The third kappa shape index (κ3) is 3.17. The molecule has 0 saturated heterocycles. The van der Waals surface area contributed by atoms with Crippen LogP contribution in [0.4, 0.5) is 0 Å². The van der Waals surface area contributed by atoms with Gasteiger partial charge in [-0.05, 0) is 32.5 Å². The van der Waals surface area contributed by atoms with Crippen molar-refractivity contribution in [2.45, 2.75) is 39.3 Å². The molecular weight excluding hydrogens is 238 g/mol. The van der Waals surface area contributed by atoms with Crippen LogP contribution in [0.2, 0.25) is 0 Å². The van der Waals surface area contributed by atoms with Crippen LogP contribution in [0.3, 0.4) is 0 Å². The summed E-state index contributed by atoms with van der Waals surface area (Å²) < 4.78 is 2.06. The zero-order valence-corrected chi connectivity index (χ0v) is 11.8. The largest absolute Gasteiger partial charge is 0.310 e. The molecule has 2 aromatic rings. The molecular formula is C14H21N5. The molecule has 1 unspecified atom stereocenters. The highest BCUT2D eigenvalue weighted by atomic mass is 15.3. The molecule has 0 spiro atoms. The van der Waals surface area contributed by atoms with Gasteiger partial charge in [0, 0.05) is 31.1 Å². The van der Waals surface area contributed by atoms with Crippen LogP contribution >= 0.6 is 0 Å². The molecule has 5 heteroatoms. The Kier molecular flexibility index (Phi) is 4.63. The van der Waals surface area contributed by atoms with Gasteiger partial charge in [-0.1, -0.05) is 6.92 Å². The molecule has 0 aromatic carbocycles. The molecule has 0 saturated carbocycles. The topological polar surface area (TPSA) is 55.6 Å². The molecule has 0 bridgehead atoms. The third-order valence-electron chi connectivity index (χ3n) is 3.23. The lowest BCUT2D eigenvalue weighted by molar-refractivity contribution is 0.519. The van der Waals surface area contributed by atoms with Crippen LogP contribution < -0.4 is 5.32 Å². The third-order valence-corrected chi connectivity index (χ3v) is 3.23. The van der Waals surface area contributed by atoms with E-state index in [9.17, 15) is 0 Å². The van der Waals surface area contributed by atoms with Gasteiger partial charge in [0.1, 0.15) is 5.82 Å².